The van der Waals surface area contributed by atoms with Gasteiger partial charge < -0.3 is 14.9 Å². The van der Waals surface area contributed by atoms with Crippen LogP contribution < -0.4 is 0 Å². The van der Waals surface area contributed by atoms with E-state index in [1.54, 1.807) is 6.92 Å². The van der Waals surface area contributed by atoms with E-state index in [0.717, 1.165) is 0 Å². The fraction of sp³-hybridized carbons (Fsp3) is 1.00. The molecular weight excluding hydrogens is 132 g/mol. The van der Waals surface area contributed by atoms with Crippen LogP contribution in [0, 0.1) is 0 Å². The Bertz CT molecular complexity index is 81.8. The zero-order valence-electron chi connectivity index (χ0n) is 7.29. The molecule has 3 nitrogen and oxygen atoms in total. The van der Waals surface area contributed by atoms with Crippen LogP contribution in [0.3, 0.4) is 0 Å². The van der Waals surface area contributed by atoms with Gasteiger partial charge in [0, 0.05) is 13.7 Å². The van der Waals surface area contributed by atoms with Crippen LogP contribution in [0.2, 0.25) is 0 Å². The highest BCUT2D eigenvalue weighted by Crippen LogP contribution is 2.04. The molecular formula is C7H16O3. The zero-order valence-corrected chi connectivity index (χ0v) is 6.29. The van der Waals surface area contributed by atoms with Gasteiger partial charge in [0.05, 0.1) is 13.6 Å². The normalized spacial score (nSPS) is 18.1. The SMILES string of the molecule is [2H]CO[C@H](CCO)C[C@@H](C)O. The molecule has 0 radical (unpaired) electrons. The zero-order chi connectivity index (χ0) is 8.69. The highest BCUT2D eigenvalue weighted by atomic mass is 16.5. The molecule has 0 bridgehead atoms. The molecule has 0 spiro atoms. The van der Waals surface area contributed by atoms with Crippen molar-refractivity contribution in [3.63, 3.8) is 0 Å². The molecule has 0 aliphatic carbocycles. The van der Waals surface area contributed by atoms with Gasteiger partial charge in [0.25, 0.3) is 0 Å². The molecule has 0 aliphatic rings. The summed E-state index contributed by atoms with van der Waals surface area (Å²) in [5.74, 6) is 0. The number of hydrogen-bond donors (Lipinski definition) is 2. The topological polar surface area (TPSA) is 49.7 Å². The number of aliphatic hydroxyl groups excluding tert-OH is 2. The summed E-state index contributed by atoms with van der Waals surface area (Å²) in [6.07, 6.45) is 0.360. The van der Waals surface area contributed by atoms with Crippen molar-refractivity contribution in [2.24, 2.45) is 0 Å². The Hall–Kier alpha value is -0.120. The van der Waals surface area contributed by atoms with E-state index in [2.05, 4.69) is 0 Å². The van der Waals surface area contributed by atoms with Crippen LogP contribution in [-0.2, 0) is 4.74 Å². The number of ether oxygens (including phenoxy) is 1. The summed E-state index contributed by atoms with van der Waals surface area (Å²) < 4.78 is 11.7. The molecule has 62 valence electrons. The standard InChI is InChI=1S/C7H16O3/c1-6(9)5-7(10-2)3-4-8/h6-9H,3-5H2,1-2H3/t6-,7-/m1/s1/i2D. The molecule has 2 atom stereocenters. The Labute approximate surface area is 63.0 Å². The first kappa shape index (κ1) is 7.98. The van der Waals surface area contributed by atoms with Gasteiger partial charge in [-0.25, -0.2) is 0 Å². The van der Waals surface area contributed by atoms with Gasteiger partial charge in [0.15, 0.2) is 0 Å². The molecule has 2 N–H and O–H groups in total. The molecule has 3 heteroatoms. The molecule has 0 aromatic heterocycles. The van der Waals surface area contributed by atoms with Crippen molar-refractivity contribution in [2.75, 3.05) is 13.7 Å². The first-order valence-electron chi connectivity index (χ1n) is 4.11. The second-order valence-corrected chi connectivity index (χ2v) is 2.39. The Balaban J connectivity index is 3.50. The summed E-state index contributed by atoms with van der Waals surface area (Å²) in [5.41, 5.74) is 0. The van der Waals surface area contributed by atoms with Crippen molar-refractivity contribution in [2.45, 2.75) is 32.0 Å². The van der Waals surface area contributed by atoms with E-state index < -0.39 is 6.10 Å². The van der Waals surface area contributed by atoms with Gasteiger partial charge in [-0.3, -0.25) is 0 Å². The van der Waals surface area contributed by atoms with Crippen molar-refractivity contribution >= 4 is 0 Å². The van der Waals surface area contributed by atoms with Crippen LogP contribution >= 0.6 is 0 Å². The van der Waals surface area contributed by atoms with E-state index >= 15 is 0 Å². The summed E-state index contributed by atoms with van der Waals surface area (Å²) in [7, 11) is -0.114. The summed E-state index contributed by atoms with van der Waals surface area (Å²) in [5, 5.41) is 17.5. The van der Waals surface area contributed by atoms with Crippen LogP contribution in [0.15, 0.2) is 0 Å². The van der Waals surface area contributed by atoms with Crippen LogP contribution in [0.25, 0.3) is 0 Å². The predicted molar refractivity (Wildman–Crippen MR) is 38.8 cm³/mol. The third kappa shape index (κ3) is 4.73. The minimum Gasteiger partial charge on any atom is -0.396 e. The Morgan fingerprint density at radius 3 is 2.80 bits per heavy atom. The van der Waals surface area contributed by atoms with E-state index in [0.29, 0.717) is 12.8 Å². The van der Waals surface area contributed by atoms with E-state index in [9.17, 15) is 0 Å². The first-order chi connectivity index (χ1) is 5.20. The quantitative estimate of drug-likeness (QED) is 0.585. The molecule has 0 saturated heterocycles. The van der Waals surface area contributed by atoms with Crippen molar-refractivity contribution in [3.8, 4) is 0 Å². The van der Waals surface area contributed by atoms with Crippen molar-refractivity contribution in [1.82, 2.24) is 0 Å². The largest absolute Gasteiger partial charge is 0.396 e. The van der Waals surface area contributed by atoms with Gasteiger partial charge >= 0.3 is 0 Å². The molecule has 0 heterocycles. The average molecular weight is 149 g/mol. The molecule has 0 saturated carbocycles. The molecule has 0 unspecified atom stereocenters. The minimum absolute atomic E-state index is 0.0391. The predicted octanol–water partition coefficient (Wildman–Crippen LogP) is 0.155. The second-order valence-electron chi connectivity index (χ2n) is 2.39. The number of methoxy groups -OCH3 is 1. The lowest BCUT2D eigenvalue weighted by atomic mass is 10.1. The fourth-order valence-corrected chi connectivity index (χ4v) is 0.794. The Kier molecular flexibility index (Phi) is 4.51. The van der Waals surface area contributed by atoms with Gasteiger partial charge in [0.1, 0.15) is 0 Å². The van der Waals surface area contributed by atoms with Gasteiger partial charge in [0.2, 0.25) is 0 Å². The number of rotatable bonds is 5. The maximum absolute atomic E-state index is 8.95. The smallest absolute Gasteiger partial charge is 0.0617 e. The summed E-state index contributed by atoms with van der Waals surface area (Å²) >= 11 is 0. The molecule has 0 fully saturated rings. The molecule has 0 aromatic rings. The highest BCUT2D eigenvalue weighted by molar-refractivity contribution is 4.60. The summed E-state index contributed by atoms with van der Waals surface area (Å²) in [4.78, 5) is 0. The molecule has 0 amide bonds. The van der Waals surface area contributed by atoms with Crippen molar-refractivity contribution in [1.29, 1.82) is 0 Å². The lowest BCUT2D eigenvalue weighted by Gasteiger charge is -2.14. The molecule has 0 rings (SSSR count). The van der Waals surface area contributed by atoms with E-state index in [1.165, 1.54) is 0 Å². The molecule has 0 aromatic carbocycles. The maximum Gasteiger partial charge on any atom is 0.0617 e. The van der Waals surface area contributed by atoms with Crippen LogP contribution in [0.1, 0.15) is 21.1 Å². The van der Waals surface area contributed by atoms with E-state index in [4.69, 9.17) is 16.3 Å². The molecule has 0 aliphatic heterocycles. The van der Waals surface area contributed by atoms with Gasteiger partial charge in [-0.05, 0) is 19.8 Å². The lowest BCUT2D eigenvalue weighted by molar-refractivity contribution is 0.0357. The van der Waals surface area contributed by atoms with E-state index in [-0.39, 0.29) is 19.8 Å². The van der Waals surface area contributed by atoms with Gasteiger partial charge in [-0.15, -0.1) is 0 Å². The lowest BCUT2D eigenvalue weighted by Crippen LogP contribution is -2.18. The average Bonchev–Trinajstić information content (AvgIpc) is 1.87. The van der Waals surface area contributed by atoms with Gasteiger partial charge in [-0.2, -0.15) is 0 Å². The van der Waals surface area contributed by atoms with E-state index in [1.807, 2.05) is 0 Å². The van der Waals surface area contributed by atoms with Gasteiger partial charge in [-0.1, -0.05) is 0 Å². The van der Waals surface area contributed by atoms with Crippen molar-refractivity contribution in [3.05, 3.63) is 0 Å². The second kappa shape index (κ2) is 5.65. The first-order valence-corrected chi connectivity index (χ1v) is 3.40. The fourth-order valence-electron chi connectivity index (χ4n) is 0.794. The Morgan fingerprint density at radius 1 is 1.70 bits per heavy atom. The van der Waals surface area contributed by atoms with Crippen LogP contribution in [0.4, 0.5) is 0 Å². The van der Waals surface area contributed by atoms with Crippen LogP contribution in [-0.4, -0.2) is 36.1 Å². The van der Waals surface area contributed by atoms with Crippen molar-refractivity contribution < 1.29 is 16.3 Å². The maximum atomic E-state index is 8.95. The molecule has 10 heavy (non-hydrogen) atoms. The monoisotopic (exact) mass is 149 g/mol. The number of hydrogen-bond acceptors (Lipinski definition) is 3. The van der Waals surface area contributed by atoms with Crippen LogP contribution in [0.5, 0.6) is 0 Å². The third-order valence-corrected chi connectivity index (χ3v) is 1.29. The summed E-state index contributed by atoms with van der Waals surface area (Å²) in [6, 6.07) is 0. The third-order valence-electron chi connectivity index (χ3n) is 1.29. The minimum atomic E-state index is -0.432. The highest BCUT2D eigenvalue weighted by Gasteiger charge is 2.08. The summed E-state index contributed by atoms with van der Waals surface area (Å²) in [6.45, 7) is 1.70. The number of aliphatic hydroxyl groups is 2. The Morgan fingerprint density at radius 2 is 2.40 bits per heavy atom.